The molecule has 0 aliphatic carbocycles. The van der Waals surface area contributed by atoms with Gasteiger partial charge in [0.05, 0.1) is 12.2 Å². The summed E-state index contributed by atoms with van der Waals surface area (Å²) in [5, 5.41) is 0. The quantitative estimate of drug-likeness (QED) is 0.757. The largest absolute Gasteiger partial charge is 0.348 e. The van der Waals surface area contributed by atoms with Crippen molar-refractivity contribution in [2.24, 2.45) is 7.05 Å². The predicted octanol–water partition coefficient (Wildman–Crippen LogP) is 3.15. The molecule has 0 unspecified atom stereocenters. The highest BCUT2D eigenvalue weighted by molar-refractivity contribution is 5.96. The summed E-state index contributed by atoms with van der Waals surface area (Å²) in [6.45, 7) is 9.93. The van der Waals surface area contributed by atoms with Crippen LogP contribution in [-0.4, -0.2) is 52.9 Å². The van der Waals surface area contributed by atoms with Crippen molar-refractivity contribution in [3.05, 3.63) is 59.4 Å². The lowest BCUT2D eigenvalue weighted by Crippen LogP contribution is -2.47. The molecule has 1 aliphatic rings. The average Bonchev–Trinajstić information content (AvgIpc) is 3.03. The van der Waals surface area contributed by atoms with E-state index >= 15 is 0 Å². The summed E-state index contributed by atoms with van der Waals surface area (Å²) in [6, 6.07) is 12.8. The third kappa shape index (κ3) is 4.59. The van der Waals surface area contributed by atoms with Gasteiger partial charge in [-0.2, -0.15) is 0 Å². The number of hydrogen-bond donors (Lipinski definition) is 0. The maximum absolute atomic E-state index is 12.4. The smallest absolute Gasteiger partial charge is 0.193 e. The van der Waals surface area contributed by atoms with E-state index in [1.54, 1.807) is 0 Å². The molecule has 3 rings (SSSR count). The van der Waals surface area contributed by atoms with E-state index in [1.807, 2.05) is 29.9 Å². The molecular formula is C21H29N3O. The van der Waals surface area contributed by atoms with Crippen LogP contribution in [0.5, 0.6) is 0 Å². The number of hydrogen-bond acceptors (Lipinski definition) is 3. The van der Waals surface area contributed by atoms with E-state index in [9.17, 15) is 4.79 Å². The Morgan fingerprint density at radius 2 is 1.64 bits per heavy atom. The van der Waals surface area contributed by atoms with Gasteiger partial charge in [0.15, 0.2) is 5.78 Å². The Hall–Kier alpha value is -1.91. The second kappa shape index (κ2) is 7.98. The van der Waals surface area contributed by atoms with Crippen molar-refractivity contribution in [3.8, 4) is 0 Å². The number of rotatable bonds is 6. The first-order valence-corrected chi connectivity index (χ1v) is 9.21. The van der Waals surface area contributed by atoms with Crippen molar-refractivity contribution in [1.29, 1.82) is 0 Å². The van der Waals surface area contributed by atoms with Crippen LogP contribution in [-0.2, 0) is 13.6 Å². The van der Waals surface area contributed by atoms with Crippen molar-refractivity contribution < 1.29 is 4.79 Å². The van der Waals surface area contributed by atoms with Crippen molar-refractivity contribution in [2.45, 2.75) is 26.3 Å². The Morgan fingerprint density at radius 1 is 1.00 bits per heavy atom. The minimum absolute atomic E-state index is 0.213. The highest BCUT2D eigenvalue weighted by Crippen LogP contribution is 2.16. The van der Waals surface area contributed by atoms with Gasteiger partial charge in [0.2, 0.25) is 0 Å². The molecule has 0 saturated carbocycles. The molecule has 1 aliphatic heterocycles. The van der Waals surface area contributed by atoms with Crippen molar-refractivity contribution >= 4 is 5.78 Å². The number of benzene rings is 1. The fraction of sp³-hybridized carbons (Fsp3) is 0.476. The Balaban J connectivity index is 1.47. The van der Waals surface area contributed by atoms with Crippen LogP contribution in [0.2, 0.25) is 0 Å². The molecule has 0 bridgehead atoms. The van der Waals surface area contributed by atoms with Crippen LogP contribution >= 0.6 is 0 Å². The Kier molecular flexibility index (Phi) is 5.71. The predicted molar refractivity (Wildman–Crippen MR) is 102 cm³/mol. The van der Waals surface area contributed by atoms with Gasteiger partial charge in [-0.1, -0.05) is 38.1 Å². The molecule has 0 spiro atoms. The van der Waals surface area contributed by atoms with Gasteiger partial charge in [0, 0.05) is 46.0 Å². The van der Waals surface area contributed by atoms with Crippen LogP contribution < -0.4 is 0 Å². The zero-order chi connectivity index (χ0) is 17.8. The van der Waals surface area contributed by atoms with Gasteiger partial charge in [-0.25, -0.2) is 0 Å². The van der Waals surface area contributed by atoms with Gasteiger partial charge in [0.1, 0.15) is 0 Å². The minimum atomic E-state index is 0.213. The Labute approximate surface area is 151 Å². The lowest BCUT2D eigenvalue weighted by Gasteiger charge is -2.34. The average molecular weight is 339 g/mol. The number of nitrogens with zero attached hydrogens (tertiary/aromatic N) is 3. The van der Waals surface area contributed by atoms with Gasteiger partial charge < -0.3 is 4.57 Å². The first-order chi connectivity index (χ1) is 12.0. The first-order valence-electron chi connectivity index (χ1n) is 9.21. The molecule has 25 heavy (non-hydrogen) atoms. The zero-order valence-electron chi connectivity index (χ0n) is 15.6. The van der Waals surface area contributed by atoms with Crippen LogP contribution in [0.1, 0.15) is 41.4 Å². The molecule has 0 N–H and O–H groups in total. The lowest BCUT2D eigenvalue weighted by molar-refractivity contribution is 0.0836. The minimum Gasteiger partial charge on any atom is -0.348 e. The summed E-state index contributed by atoms with van der Waals surface area (Å²) in [4.78, 5) is 17.1. The molecule has 0 amide bonds. The molecule has 1 saturated heterocycles. The number of ketones is 1. The van der Waals surface area contributed by atoms with Gasteiger partial charge >= 0.3 is 0 Å². The van der Waals surface area contributed by atoms with E-state index in [0.29, 0.717) is 12.5 Å². The number of aromatic nitrogens is 1. The van der Waals surface area contributed by atoms with E-state index < -0.39 is 0 Å². The molecular weight excluding hydrogens is 310 g/mol. The van der Waals surface area contributed by atoms with Crippen LogP contribution in [0.3, 0.4) is 0 Å². The van der Waals surface area contributed by atoms with Gasteiger partial charge in [-0.3, -0.25) is 14.6 Å². The molecule has 0 atom stereocenters. The fourth-order valence-corrected chi connectivity index (χ4v) is 3.41. The Morgan fingerprint density at radius 3 is 2.20 bits per heavy atom. The molecule has 2 heterocycles. The molecule has 1 fully saturated rings. The monoisotopic (exact) mass is 339 g/mol. The molecule has 134 valence electrons. The van der Waals surface area contributed by atoms with Crippen molar-refractivity contribution in [1.82, 2.24) is 14.4 Å². The van der Waals surface area contributed by atoms with E-state index in [-0.39, 0.29) is 5.78 Å². The second-order valence-corrected chi connectivity index (χ2v) is 7.38. The maximum Gasteiger partial charge on any atom is 0.193 e. The molecule has 0 radical (unpaired) electrons. The van der Waals surface area contributed by atoms with Gasteiger partial charge in [-0.15, -0.1) is 0 Å². The third-order valence-electron chi connectivity index (χ3n) is 5.11. The van der Waals surface area contributed by atoms with E-state index in [0.717, 1.165) is 38.4 Å². The van der Waals surface area contributed by atoms with Crippen molar-refractivity contribution in [2.75, 3.05) is 32.7 Å². The Bertz CT molecular complexity index is 694. The van der Waals surface area contributed by atoms with E-state index in [2.05, 4.69) is 47.9 Å². The normalized spacial score (nSPS) is 16.5. The summed E-state index contributed by atoms with van der Waals surface area (Å²) >= 11 is 0. The summed E-state index contributed by atoms with van der Waals surface area (Å²) in [6.07, 6.45) is 1.93. The highest BCUT2D eigenvalue weighted by Gasteiger charge is 2.20. The number of aryl methyl sites for hydroxylation is 1. The number of piperazine rings is 1. The molecule has 4 heteroatoms. The van der Waals surface area contributed by atoms with E-state index in [4.69, 9.17) is 0 Å². The maximum atomic E-state index is 12.4. The van der Waals surface area contributed by atoms with Crippen molar-refractivity contribution in [3.63, 3.8) is 0 Å². The highest BCUT2D eigenvalue weighted by atomic mass is 16.1. The molecule has 1 aromatic heterocycles. The molecule has 1 aromatic carbocycles. The number of Topliss-reactive ketones (excluding diaryl/α,β-unsaturated/α-hetero) is 1. The summed E-state index contributed by atoms with van der Waals surface area (Å²) in [5.41, 5.74) is 3.57. The summed E-state index contributed by atoms with van der Waals surface area (Å²) < 4.78 is 1.90. The van der Waals surface area contributed by atoms with Gasteiger partial charge in [-0.05, 0) is 29.2 Å². The molecule has 4 nitrogen and oxygen atoms in total. The standard InChI is InChI=1S/C21H29N3O/c1-17(2)19-8-6-18(7-9-19)15-23-11-13-24(14-12-23)16-21(25)20-5-4-10-22(20)3/h4-10,17H,11-16H2,1-3H3. The lowest BCUT2D eigenvalue weighted by atomic mass is 10.0. The first kappa shape index (κ1) is 17.9. The van der Waals surface area contributed by atoms with Crippen LogP contribution in [0.4, 0.5) is 0 Å². The third-order valence-corrected chi connectivity index (χ3v) is 5.11. The van der Waals surface area contributed by atoms with Crippen LogP contribution in [0, 0.1) is 0 Å². The topological polar surface area (TPSA) is 28.5 Å². The summed E-state index contributed by atoms with van der Waals surface area (Å²) in [7, 11) is 1.93. The summed E-state index contributed by atoms with van der Waals surface area (Å²) in [5.74, 6) is 0.796. The SMILES string of the molecule is CC(C)c1ccc(CN2CCN(CC(=O)c3cccn3C)CC2)cc1. The fourth-order valence-electron chi connectivity index (χ4n) is 3.41. The number of carbonyl (C=O) groups is 1. The zero-order valence-corrected chi connectivity index (χ0v) is 15.6. The van der Waals surface area contributed by atoms with Gasteiger partial charge in [0.25, 0.3) is 0 Å². The van der Waals surface area contributed by atoms with E-state index in [1.165, 1.54) is 11.1 Å². The van der Waals surface area contributed by atoms with Crippen LogP contribution in [0.25, 0.3) is 0 Å². The van der Waals surface area contributed by atoms with Crippen LogP contribution in [0.15, 0.2) is 42.6 Å². The number of carbonyl (C=O) groups excluding carboxylic acids is 1. The second-order valence-electron chi connectivity index (χ2n) is 7.38. The molecule has 2 aromatic rings.